The summed E-state index contributed by atoms with van der Waals surface area (Å²) in [5, 5.41) is 16.5. The van der Waals surface area contributed by atoms with Crippen LogP contribution in [0.3, 0.4) is 0 Å². The maximum absolute atomic E-state index is 13.2. The Balaban J connectivity index is 0.000000516. The second-order valence-electron chi connectivity index (χ2n) is 8.70. The van der Waals surface area contributed by atoms with Gasteiger partial charge in [0.1, 0.15) is 6.04 Å². The molecule has 0 aromatic heterocycles. The lowest BCUT2D eigenvalue weighted by Gasteiger charge is -2.54. The maximum Gasteiger partial charge on any atom is 0.490 e. The van der Waals surface area contributed by atoms with Crippen molar-refractivity contribution in [2.75, 3.05) is 6.54 Å². The lowest BCUT2D eigenvalue weighted by molar-refractivity contribution is -0.193. The zero-order valence-electron chi connectivity index (χ0n) is 16.2. The highest BCUT2D eigenvalue weighted by molar-refractivity contribution is 5.87. The summed E-state index contributed by atoms with van der Waals surface area (Å²) in [7, 11) is 0. The number of nitrogens with two attached hydrogens (primary N) is 1. The summed E-state index contributed by atoms with van der Waals surface area (Å²) in [5.41, 5.74) is 4.81. The van der Waals surface area contributed by atoms with E-state index in [1.165, 1.54) is 4.90 Å². The van der Waals surface area contributed by atoms with Crippen LogP contribution in [0, 0.1) is 10.8 Å². The van der Waals surface area contributed by atoms with Crippen LogP contribution in [0.5, 0.6) is 0 Å². The van der Waals surface area contributed by atoms with Crippen molar-refractivity contribution in [3.63, 3.8) is 0 Å². The topological polar surface area (TPSA) is 121 Å². The summed E-state index contributed by atoms with van der Waals surface area (Å²) in [6.45, 7) is 5.60. The van der Waals surface area contributed by atoms with Gasteiger partial charge >= 0.3 is 18.1 Å². The van der Waals surface area contributed by atoms with Gasteiger partial charge in [-0.05, 0) is 23.7 Å². The number of likely N-dealkylation sites (tertiary alicyclic amines) is 1. The fraction of sp³-hybridized carbons (Fsp3) is 0.824. The molecule has 7 nitrogen and oxygen atoms in total. The highest BCUT2D eigenvalue weighted by Crippen LogP contribution is 2.58. The van der Waals surface area contributed by atoms with E-state index in [4.69, 9.17) is 15.6 Å². The van der Waals surface area contributed by atoms with Crippen LogP contribution in [0.25, 0.3) is 0 Å². The fourth-order valence-electron chi connectivity index (χ4n) is 3.54. The van der Waals surface area contributed by atoms with Crippen LogP contribution in [-0.4, -0.2) is 63.7 Å². The molecule has 0 unspecified atom stereocenters. The lowest BCUT2D eigenvalue weighted by Crippen LogP contribution is -2.62. The molecule has 29 heavy (non-hydrogen) atoms. The van der Waals surface area contributed by atoms with Gasteiger partial charge in [0.15, 0.2) is 0 Å². The largest absolute Gasteiger partial charge is 0.490 e. The van der Waals surface area contributed by atoms with Crippen molar-refractivity contribution in [1.82, 2.24) is 4.90 Å². The first kappa shape index (κ1) is 25.1. The first-order valence-corrected chi connectivity index (χ1v) is 8.78. The highest BCUT2D eigenvalue weighted by atomic mass is 19.4. The Morgan fingerprint density at radius 2 is 1.55 bits per heavy atom. The number of carbonyl (C=O) groups is 3. The van der Waals surface area contributed by atoms with Crippen molar-refractivity contribution < 1.29 is 46.5 Å². The molecule has 1 aliphatic heterocycles. The van der Waals surface area contributed by atoms with Crippen molar-refractivity contribution in [2.45, 2.75) is 70.6 Å². The predicted molar refractivity (Wildman–Crippen MR) is 90.1 cm³/mol. The standard InChI is InChI=1S/C15H24F2N2O3.C2HF3O2/c1-13(2,3)10(18)11(20)19-5-4-14(6-9(19)12(21)22)7-15(16,17)8-14;3-2(4,5)1(6)7/h9-10H,4-8,18H2,1-3H3,(H,21,22);(H,6,7)/t9-,10+;/m0./s1. The number of carboxylic acid groups (broad SMARTS) is 2. The number of carbonyl (C=O) groups excluding carboxylic acids is 1. The normalized spacial score (nSPS) is 24.0. The molecular weight excluding hydrogens is 407 g/mol. The quantitative estimate of drug-likeness (QED) is 0.577. The smallest absolute Gasteiger partial charge is 0.480 e. The summed E-state index contributed by atoms with van der Waals surface area (Å²) in [6, 6.07) is -1.88. The molecule has 0 bridgehead atoms. The number of hydrogen-bond acceptors (Lipinski definition) is 4. The number of nitrogens with zero attached hydrogens (tertiary/aromatic N) is 1. The van der Waals surface area contributed by atoms with Gasteiger partial charge < -0.3 is 20.8 Å². The molecule has 2 atom stereocenters. The predicted octanol–water partition coefficient (Wildman–Crippen LogP) is 2.48. The average Bonchev–Trinajstić information content (AvgIpc) is 2.50. The van der Waals surface area contributed by atoms with Crippen LogP contribution in [0.1, 0.15) is 46.5 Å². The minimum atomic E-state index is -5.08. The van der Waals surface area contributed by atoms with Gasteiger partial charge in [0.05, 0.1) is 6.04 Å². The molecule has 12 heteroatoms. The van der Waals surface area contributed by atoms with Crippen LogP contribution in [-0.2, 0) is 14.4 Å². The van der Waals surface area contributed by atoms with Crippen LogP contribution in [0.4, 0.5) is 22.0 Å². The molecular formula is C17H25F5N2O5. The van der Waals surface area contributed by atoms with Gasteiger partial charge in [-0.25, -0.2) is 18.4 Å². The first-order valence-electron chi connectivity index (χ1n) is 8.78. The van der Waals surface area contributed by atoms with Crippen LogP contribution < -0.4 is 5.73 Å². The Kier molecular flexibility index (Phi) is 6.94. The van der Waals surface area contributed by atoms with Gasteiger partial charge in [-0.15, -0.1) is 0 Å². The molecule has 1 heterocycles. The van der Waals surface area contributed by atoms with E-state index in [-0.39, 0.29) is 25.8 Å². The minimum Gasteiger partial charge on any atom is -0.480 e. The Bertz CT molecular complexity index is 652. The third-order valence-electron chi connectivity index (χ3n) is 5.16. The number of piperidine rings is 1. The molecule has 4 N–H and O–H groups in total. The molecule has 2 aliphatic rings. The molecule has 168 valence electrons. The molecule has 1 aliphatic carbocycles. The Morgan fingerprint density at radius 1 is 1.10 bits per heavy atom. The summed E-state index contributed by atoms with van der Waals surface area (Å²) < 4.78 is 58.1. The van der Waals surface area contributed by atoms with Gasteiger partial charge in [-0.1, -0.05) is 20.8 Å². The summed E-state index contributed by atoms with van der Waals surface area (Å²) in [6.07, 6.45) is -5.15. The molecule has 2 rings (SSSR count). The summed E-state index contributed by atoms with van der Waals surface area (Å²) in [4.78, 5) is 34.2. The molecule has 0 aromatic carbocycles. The molecule has 0 radical (unpaired) electrons. The van der Waals surface area contributed by atoms with Crippen LogP contribution in [0.2, 0.25) is 0 Å². The third kappa shape index (κ3) is 6.25. The van der Waals surface area contributed by atoms with Gasteiger partial charge in [0, 0.05) is 19.4 Å². The van der Waals surface area contributed by atoms with Gasteiger partial charge in [0.25, 0.3) is 0 Å². The van der Waals surface area contributed by atoms with E-state index in [0.717, 1.165) is 0 Å². The van der Waals surface area contributed by atoms with Crippen molar-refractivity contribution in [2.24, 2.45) is 16.6 Å². The van der Waals surface area contributed by atoms with E-state index >= 15 is 0 Å². The van der Waals surface area contributed by atoms with Crippen molar-refractivity contribution in [1.29, 1.82) is 0 Å². The SMILES string of the molecule is CC(C)(C)[C@H](N)C(=O)N1CCC2(C[C@H]1C(=O)O)CC(F)(F)C2.O=C(O)C(F)(F)F. The zero-order chi connectivity index (χ0) is 23.0. The van der Waals surface area contributed by atoms with Crippen LogP contribution in [0.15, 0.2) is 0 Å². The number of alkyl halides is 5. The van der Waals surface area contributed by atoms with Crippen LogP contribution >= 0.6 is 0 Å². The van der Waals surface area contributed by atoms with Gasteiger partial charge in [-0.2, -0.15) is 13.2 Å². The fourth-order valence-corrected chi connectivity index (χ4v) is 3.54. The minimum absolute atomic E-state index is 0.0839. The number of aliphatic carboxylic acids is 2. The second-order valence-corrected chi connectivity index (χ2v) is 8.70. The van der Waals surface area contributed by atoms with E-state index in [9.17, 15) is 36.6 Å². The van der Waals surface area contributed by atoms with E-state index in [0.29, 0.717) is 6.42 Å². The first-order chi connectivity index (χ1) is 12.8. The Hall–Kier alpha value is -1.98. The Morgan fingerprint density at radius 3 is 1.86 bits per heavy atom. The second kappa shape index (κ2) is 8.04. The van der Waals surface area contributed by atoms with Crippen molar-refractivity contribution in [3.05, 3.63) is 0 Å². The maximum atomic E-state index is 13.2. The van der Waals surface area contributed by atoms with E-state index in [1.807, 2.05) is 20.8 Å². The lowest BCUT2D eigenvalue weighted by atomic mass is 9.59. The monoisotopic (exact) mass is 432 g/mol. The number of halogens is 5. The molecule has 2 fully saturated rings. The zero-order valence-corrected chi connectivity index (χ0v) is 16.2. The van der Waals surface area contributed by atoms with Crippen molar-refractivity contribution >= 4 is 17.8 Å². The third-order valence-corrected chi connectivity index (χ3v) is 5.16. The molecule has 0 aromatic rings. The van der Waals surface area contributed by atoms with E-state index in [2.05, 4.69) is 0 Å². The summed E-state index contributed by atoms with van der Waals surface area (Å²) >= 11 is 0. The molecule has 1 spiro atoms. The summed E-state index contributed by atoms with van der Waals surface area (Å²) in [5.74, 6) is -7.02. The molecule has 1 saturated carbocycles. The number of amides is 1. The van der Waals surface area contributed by atoms with Gasteiger partial charge in [0.2, 0.25) is 11.8 Å². The van der Waals surface area contributed by atoms with Crippen molar-refractivity contribution in [3.8, 4) is 0 Å². The number of rotatable bonds is 2. The highest BCUT2D eigenvalue weighted by Gasteiger charge is 2.60. The molecule has 1 saturated heterocycles. The van der Waals surface area contributed by atoms with E-state index < -0.39 is 52.9 Å². The molecule has 1 amide bonds. The number of carboxylic acids is 2. The average molecular weight is 432 g/mol. The van der Waals surface area contributed by atoms with E-state index in [1.54, 1.807) is 0 Å². The van der Waals surface area contributed by atoms with Gasteiger partial charge in [-0.3, -0.25) is 4.79 Å². The Labute approximate surface area is 164 Å². The number of hydrogen-bond donors (Lipinski definition) is 3.